The van der Waals surface area contributed by atoms with E-state index in [2.05, 4.69) is 5.32 Å². The predicted octanol–water partition coefficient (Wildman–Crippen LogP) is 2.48. The third-order valence-electron chi connectivity index (χ3n) is 4.40. The SMILES string of the molecule is COc1ccc(S(=O)(=O)N2CCNCC2c2cccc(F)c2)c(C)c1. The van der Waals surface area contributed by atoms with Gasteiger partial charge in [0.25, 0.3) is 0 Å². The Morgan fingerprint density at radius 3 is 2.72 bits per heavy atom. The summed E-state index contributed by atoms with van der Waals surface area (Å²) in [6.45, 7) is 3.07. The molecule has 0 radical (unpaired) electrons. The number of hydrogen-bond acceptors (Lipinski definition) is 4. The minimum Gasteiger partial charge on any atom is -0.497 e. The van der Waals surface area contributed by atoms with Crippen molar-refractivity contribution in [3.05, 3.63) is 59.4 Å². The van der Waals surface area contributed by atoms with E-state index in [0.29, 0.717) is 36.5 Å². The van der Waals surface area contributed by atoms with Crippen molar-refractivity contribution in [2.45, 2.75) is 17.9 Å². The van der Waals surface area contributed by atoms with Crippen molar-refractivity contribution in [2.24, 2.45) is 0 Å². The maximum absolute atomic E-state index is 13.6. The molecule has 1 aliphatic rings. The van der Waals surface area contributed by atoms with Crippen LogP contribution in [0.4, 0.5) is 4.39 Å². The molecule has 0 aromatic heterocycles. The van der Waals surface area contributed by atoms with Gasteiger partial charge in [-0.05, 0) is 48.4 Å². The minimum atomic E-state index is -3.71. The Balaban J connectivity index is 2.02. The van der Waals surface area contributed by atoms with Crippen molar-refractivity contribution in [2.75, 3.05) is 26.7 Å². The fraction of sp³-hybridized carbons (Fsp3) is 0.333. The summed E-state index contributed by atoms with van der Waals surface area (Å²) >= 11 is 0. The molecule has 0 amide bonds. The molecule has 0 spiro atoms. The number of methoxy groups -OCH3 is 1. The summed E-state index contributed by atoms with van der Waals surface area (Å²) in [5.74, 6) is 0.236. The molecule has 7 heteroatoms. The first kappa shape index (κ1) is 17.8. The Bertz CT molecular complexity index is 870. The third kappa shape index (κ3) is 3.53. The normalized spacial score (nSPS) is 18.9. The molecule has 5 nitrogen and oxygen atoms in total. The van der Waals surface area contributed by atoms with Gasteiger partial charge in [-0.25, -0.2) is 12.8 Å². The van der Waals surface area contributed by atoms with Crippen molar-refractivity contribution in [3.8, 4) is 5.75 Å². The van der Waals surface area contributed by atoms with E-state index < -0.39 is 16.1 Å². The van der Waals surface area contributed by atoms with Gasteiger partial charge in [-0.1, -0.05) is 12.1 Å². The molecule has 1 atom stereocenters. The first-order chi connectivity index (χ1) is 11.9. The summed E-state index contributed by atoms with van der Waals surface area (Å²) in [7, 11) is -2.17. The number of ether oxygens (including phenoxy) is 1. The first-order valence-electron chi connectivity index (χ1n) is 8.06. The number of sulfonamides is 1. The summed E-state index contributed by atoms with van der Waals surface area (Å²) < 4.78 is 46.7. The zero-order chi connectivity index (χ0) is 18.0. The average Bonchev–Trinajstić information content (AvgIpc) is 2.61. The molecule has 1 N–H and O–H groups in total. The summed E-state index contributed by atoms with van der Waals surface area (Å²) in [4.78, 5) is 0.247. The van der Waals surface area contributed by atoms with Crippen LogP contribution in [0.5, 0.6) is 5.75 Å². The molecule has 1 heterocycles. The highest BCUT2D eigenvalue weighted by Crippen LogP contribution is 2.31. The molecule has 1 saturated heterocycles. The average molecular weight is 364 g/mol. The van der Waals surface area contributed by atoms with E-state index in [1.165, 1.54) is 16.4 Å². The van der Waals surface area contributed by atoms with Gasteiger partial charge in [0.2, 0.25) is 10.0 Å². The number of halogens is 1. The van der Waals surface area contributed by atoms with Crippen LogP contribution in [-0.4, -0.2) is 39.5 Å². The monoisotopic (exact) mass is 364 g/mol. The van der Waals surface area contributed by atoms with Gasteiger partial charge in [0, 0.05) is 19.6 Å². The zero-order valence-corrected chi connectivity index (χ0v) is 15.0. The number of rotatable bonds is 4. The second kappa shape index (κ2) is 7.11. The summed E-state index contributed by atoms with van der Waals surface area (Å²) in [6.07, 6.45) is 0. The van der Waals surface area contributed by atoms with Crippen LogP contribution >= 0.6 is 0 Å². The molecule has 0 aliphatic carbocycles. The van der Waals surface area contributed by atoms with E-state index >= 15 is 0 Å². The number of piperazine rings is 1. The minimum absolute atomic E-state index is 0.247. The second-order valence-electron chi connectivity index (χ2n) is 6.02. The molecule has 1 fully saturated rings. The van der Waals surface area contributed by atoms with Crippen molar-refractivity contribution in [1.82, 2.24) is 9.62 Å². The summed E-state index contributed by atoms with van der Waals surface area (Å²) in [5.41, 5.74) is 1.26. The van der Waals surface area contributed by atoms with E-state index in [-0.39, 0.29) is 10.7 Å². The van der Waals surface area contributed by atoms with Crippen molar-refractivity contribution < 1.29 is 17.5 Å². The smallest absolute Gasteiger partial charge is 0.243 e. The van der Waals surface area contributed by atoms with Gasteiger partial charge >= 0.3 is 0 Å². The number of hydrogen-bond donors (Lipinski definition) is 1. The lowest BCUT2D eigenvalue weighted by Crippen LogP contribution is -2.48. The summed E-state index contributed by atoms with van der Waals surface area (Å²) in [5, 5.41) is 3.19. The first-order valence-corrected chi connectivity index (χ1v) is 9.50. The van der Waals surface area contributed by atoms with Crippen LogP contribution in [0.3, 0.4) is 0 Å². The Hall–Kier alpha value is -1.96. The lowest BCUT2D eigenvalue weighted by molar-refractivity contribution is 0.271. The highest BCUT2D eigenvalue weighted by molar-refractivity contribution is 7.89. The van der Waals surface area contributed by atoms with E-state index in [4.69, 9.17) is 4.74 Å². The molecule has 0 saturated carbocycles. The highest BCUT2D eigenvalue weighted by Gasteiger charge is 2.35. The van der Waals surface area contributed by atoms with Gasteiger partial charge < -0.3 is 10.1 Å². The predicted molar refractivity (Wildman–Crippen MR) is 93.6 cm³/mol. The molecule has 3 rings (SSSR count). The lowest BCUT2D eigenvalue weighted by Gasteiger charge is -2.35. The Morgan fingerprint density at radius 2 is 2.04 bits per heavy atom. The van der Waals surface area contributed by atoms with Crippen molar-refractivity contribution in [3.63, 3.8) is 0 Å². The molecule has 1 aliphatic heterocycles. The number of nitrogens with one attached hydrogen (secondary N) is 1. The lowest BCUT2D eigenvalue weighted by atomic mass is 10.1. The third-order valence-corrected chi connectivity index (χ3v) is 6.46. The van der Waals surface area contributed by atoms with Crippen LogP contribution in [-0.2, 0) is 10.0 Å². The molecule has 134 valence electrons. The van der Waals surface area contributed by atoms with Crippen LogP contribution < -0.4 is 10.1 Å². The van der Waals surface area contributed by atoms with Crippen LogP contribution in [0.2, 0.25) is 0 Å². The number of nitrogens with zero attached hydrogens (tertiary/aromatic N) is 1. The Morgan fingerprint density at radius 1 is 1.24 bits per heavy atom. The molecule has 25 heavy (non-hydrogen) atoms. The van der Waals surface area contributed by atoms with Crippen molar-refractivity contribution in [1.29, 1.82) is 0 Å². The van der Waals surface area contributed by atoms with E-state index in [9.17, 15) is 12.8 Å². The fourth-order valence-electron chi connectivity index (χ4n) is 3.14. The maximum atomic E-state index is 13.6. The zero-order valence-electron chi connectivity index (χ0n) is 14.2. The van der Waals surface area contributed by atoms with Gasteiger partial charge in [0.05, 0.1) is 18.0 Å². The van der Waals surface area contributed by atoms with Gasteiger partial charge in [-0.2, -0.15) is 4.31 Å². The van der Waals surface area contributed by atoms with E-state index in [1.807, 2.05) is 0 Å². The van der Waals surface area contributed by atoms with Crippen molar-refractivity contribution >= 4 is 10.0 Å². The van der Waals surface area contributed by atoms with Gasteiger partial charge in [-0.15, -0.1) is 0 Å². The van der Waals surface area contributed by atoms with Crippen LogP contribution in [0.15, 0.2) is 47.4 Å². The molecule has 2 aromatic carbocycles. The Kier molecular flexibility index (Phi) is 5.08. The van der Waals surface area contributed by atoms with Gasteiger partial charge in [-0.3, -0.25) is 0 Å². The van der Waals surface area contributed by atoms with E-state index in [1.54, 1.807) is 44.4 Å². The largest absolute Gasteiger partial charge is 0.497 e. The van der Waals surface area contributed by atoms with Crippen LogP contribution in [0, 0.1) is 12.7 Å². The van der Waals surface area contributed by atoms with Crippen LogP contribution in [0.1, 0.15) is 17.2 Å². The standard InChI is InChI=1S/C18H21FN2O3S/c1-13-10-16(24-2)6-7-18(13)25(22,23)21-9-8-20-12-17(21)14-4-3-5-15(19)11-14/h3-7,10-11,17,20H,8-9,12H2,1-2H3. The molecule has 1 unspecified atom stereocenters. The second-order valence-corrected chi connectivity index (χ2v) is 7.88. The molecular weight excluding hydrogens is 343 g/mol. The molecular formula is C18H21FN2O3S. The topological polar surface area (TPSA) is 58.6 Å². The quantitative estimate of drug-likeness (QED) is 0.906. The molecule has 2 aromatic rings. The highest BCUT2D eigenvalue weighted by atomic mass is 32.2. The van der Waals surface area contributed by atoms with Gasteiger partial charge in [0.1, 0.15) is 11.6 Å². The number of benzene rings is 2. The van der Waals surface area contributed by atoms with Crippen LogP contribution in [0.25, 0.3) is 0 Å². The molecule has 0 bridgehead atoms. The fourth-order valence-corrected chi connectivity index (χ4v) is 4.96. The maximum Gasteiger partial charge on any atom is 0.243 e. The van der Waals surface area contributed by atoms with E-state index in [0.717, 1.165) is 0 Å². The number of aryl methyl sites for hydroxylation is 1. The summed E-state index contributed by atoms with van der Waals surface area (Å²) in [6, 6.07) is 10.6. The van der Waals surface area contributed by atoms with Gasteiger partial charge in [0.15, 0.2) is 0 Å². The Labute approximate surface area is 147 Å².